The molecule has 1 amide bonds. The Bertz CT molecular complexity index is 516. The summed E-state index contributed by atoms with van der Waals surface area (Å²) >= 11 is 4.46. The molecule has 1 aliphatic rings. The number of nitrogens with zero attached hydrogens (tertiary/aromatic N) is 1. The summed E-state index contributed by atoms with van der Waals surface area (Å²) in [5.74, 6) is -1.30. The summed E-state index contributed by atoms with van der Waals surface area (Å²) in [7, 11) is 0. The fourth-order valence-electron chi connectivity index (χ4n) is 1.38. The van der Waals surface area contributed by atoms with E-state index in [0.717, 1.165) is 16.2 Å². The van der Waals surface area contributed by atoms with E-state index in [1.807, 2.05) is 12.1 Å². The van der Waals surface area contributed by atoms with Gasteiger partial charge in [-0.1, -0.05) is 27.7 Å². The predicted octanol–water partition coefficient (Wildman–Crippen LogP) is 2.14. The molecule has 1 heterocycles. The van der Waals surface area contributed by atoms with Gasteiger partial charge in [0.25, 0.3) is 0 Å². The molecule has 1 saturated heterocycles. The van der Waals surface area contributed by atoms with Crippen LogP contribution in [0.5, 0.6) is 0 Å². The van der Waals surface area contributed by atoms with Crippen LogP contribution in [0.1, 0.15) is 6.42 Å². The second-order valence-electron chi connectivity index (χ2n) is 3.59. The molecule has 0 aromatic heterocycles. The second kappa shape index (κ2) is 5.53. The van der Waals surface area contributed by atoms with Crippen LogP contribution in [0.4, 0.5) is 5.69 Å². The van der Waals surface area contributed by atoms with Crippen LogP contribution in [0.25, 0.3) is 0 Å². The zero-order chi connectivity index (χ0) is 13.1. The number of amidine groups is 1. The van der Waals surface area contributed by atoms with Crippen molar-refractivity contribution >= 4 is 50.4 Å². The molecule has 2 rings (SSSR count). The first-order chi connectivity index (χ1) is 8.54. The lowest BCUT2D eigenvalue weighted by atomic mass is 10.3. The van der Waals surface area contributed by atoms with E-state index in [2.05, 4.69) is 26.2 Å². The Morgan fingerprint density at radius 3 is 2.72 bits per heavy atom. The molecule has 0 radical (unpaired) electrons. The second-order valence-corrected chi connectivity index (χ2v) is 5.69. The Morgan fingerprint density at radius 2 is 2.11 bits per heavy atom. The number of nitrogens with one attached hydrogen (secondary N) is 1. The number of hydrogen-bond donors (Lipinski definition) is 2. The van der Waals surface area contributed by atoms with Gasteiger partial charge in [0.15, 0.2) is 5.17 Å². The van der Waals surface area contributed by atoms with Gasteiger partial charge in [0, 0.05) is 4.47 Å². The number of carbonyl (C=O) groups excluding carboxylic acids is 1. The SMILES string of the molecule is O=C(O)C[C@H]1SC(=Nc2ccc(Br)cc2)NC1=O. The predicted molar refractivity (Wildman–Crippen MR) is 73.0 cm³/mol. The third-order valence-electron chi connectivity index (χ3n) is 2.19. The summed E-state index contributed by atoms with van der Waals surface area (Å²) in [6.45, 7) is 0. The average molecular weight is 329 g/mol. The van der Waals surface area contributed by atoms with Gasteiger partial charge in [-0.25, -0.2) is 4.99 Å². The lowest BCUT2D eigenvalue weighted by Crippen LogP contribution is -2.26. The summed E-state index contributed by atoms with van der Waals surface area (Å²) in [5.41, 5.74) is 0.706. The first kappa shape index (κ1) is 13.1. The highest BCUT2D eigenvalue weighted by molar-refractivity contribution is 9.10. The van der Waals surface area contributed by atoms with Crippen molar-refractivity contribution in [2.45, 2.75) is 11.7 Å². The van der Waals surface area contributed by atoms with Crippen LogP contribution in [0.15, 0.2) is 33.7 Å². The molecule has 1 atom stereocenters. The van der Waals surface area contributed by atoms with Crippen molar-refractivity contribution < 1.29 is 14.7 Å². The van der Waals surface area contributed by atoms with E-state index in [0.29, 0.717) is 10.9 Å². The van der Waals surface area contributed by atoms with Crippen molar-refractivity contribution in [3.63, 3.8) is 0 Å². The molecule has 1 aliphatic heterocycles. The van der Waals surface area contributed by atoms with Crippen molar-refractivity contribution in [3.05, 3.63) is 28.7 Å². The van der Waals surface area contributed by atoms with Gasteiger partial charge in [0.2, 0.25) is 5.91 Å². The number of amides is 1. The number of thioether (sulfide) groups is 1. The lowest BCUT2D eigenvalue weighted by molar-refractivity contribution is -0.138. The molecule has 0 saturated carbocycles. The summed E-state index contributed by atoms with van der Waals surface area (Å²) in [4.78, 5) is 26.3. The number of benzene rings is 1. The van der Waals surface area contributed by atoms with E-state index in [9.17, 15) is 9.59 Å². The van der Waals surface area contributed by atoms with Gasteiger partial charge >= 0.3 is 5.97 Å². The van der Waals surface area contributed by atoms with E-state index in [1.54, 1.807) is 12.1 Å². The van der Waals surface area contributed by atoms with Gasteiger partial charge in [-0.15, -0.1) is 0 Å². The minimum Gasteiger partial charge on any atom is -0.481 e. The largest absolute Gasteiger partial charge is 0.481 e. The summed E-state index contributed by atoms with van der Waals surface area (Å²) in [6.07, 6.45) is -0.199. The molecule has 2 N–H and O–H groups in total. The van der Waals surface area contributed by atoms with Gasteiger partial charge in [0.05, 0.1) is 12.1 Å². The molecular formula is C11H9BrN2O3S. The van der Waals surface area contributed by atoms with Crippen LogP contribution >= 0.6 is 27.7 Å². The summed E-state index contributed by atoms with van der Waals surface area (Å²) in [6, 6.07) is 7.29. The number of aliphatic carboxylic acids is 1. The Labute approximate surface area is 116 Å². The fourth-order valence-corrected chi connectivity index (χ4v) is 2.63. The summed E-state index contributed by atoms with van der Waals surface area (Å²) < 4.78 is 0.943. The van der Waals surface area contributed by atoms with Gasteiger partial charge in [-0.2, -0.15) is 0 Å². The third kappa shape index (κ3) is 3.33. The van der Waals surface area contributed by atoms with E-state index < -0.39 is 11.2 Å². The standard InChI is InChI=1S/C11H9BrN2O3S/c12-6-1-3-7(4-2-6)13-11-14-10(17)8(18-11)5-9(15)16/h1-4,8H,5H2,(H,15,16)(H,13,14,17)/t8-/m1/s1. The molecule has 0 spiro atoms. The van der Waals surface area contributed by atoms with Crippen LogP contribution in [-0.4, -0.2) is 27.4 Å². The zero-order valence-corrected chi connectivity index (χ0v) is 11.5. The maximum atomic E-state index is 11.5. The van der Waals surface area contributed by atoms with Gasteiger partial charge in [-0.3, -0.25) is 9.59 Å². The number of carboxylic acid groups (broad SMARTS) is 1. The molecule has 5 nitrogen and oxygen atoms in total. The molecule has 0 aliphatic carbocycles. The molecule has 1 fully saturated rings. The van der Waals surface area contributed by atoms with Crippen molar-refractivity contribution in [2.24, 2.45) is 4.99 Å². The first-order valence-electron chi connectivity index (χ1n) is 5.08. The van der Waals surface area contributed by atoms with Crippen LogP contribution in [0.2, 0.25) is 0 Å². The minimum atomic E-state index is -0.993. The molecule has 94 valence electrons. The van der Waals surface area contributed by atoms with Gasteiger partial charge in [0.1, 0.15) is 5.25 Å². The number of carbonyl (C=O) groups is 2. The number of halogens is 1. The van der Waals surface area contributed by atoms with Crippen molar-refractivity contribution in [1.82, 2.24) is 5.32 Å². The van der Waals surface area contributed by atoms with E-state index in [4.69, 9.17) is 5.11 Å². The Kier molecular flexibility index (Phi) is 4.03. The average Bonchev–Trinajstić information content (AvgIpc) is 2.62. The fraction of sp³-hybridized carbons (Fsp3) is 0.182. The van der Waals surface area contributed by atoms with Gasteiger partial charge in [-0.05, 0) is 24.3 Å². The van der Waals surface area contributed by atoms with Crippen LogP contribution in [0, 0.1) is 0 Å². The molecule has 7 heteroatoms. The van der Waals surface area contributed by atoms with E-state index in [1.165, 1.54) is 0 Å². The van der Waals surface area contributed by atoms with Crippen LogP contribution < -0.4 is 5.32 Å². The van der Waals surface area contributed by atoms with Crippen LogP contribution in [-0.2, 0) is 9.59 Å². The molecule has 0 unspecified atom stereocenters. The third-order valence-corrected chi connectivity index (χ3v) is 3.80. The van der Waals surface area contributed by atoms with Crippen molar-refractivity contribution in [1.29, 1.82) is 0 Å². The highest BCUT2D eigenvalue weighted by Gasteiger charge is 2.31. The van der Waals surface area contributed by atoms with Crippen molar-refractivity contribution in [2.75, 3.05) is 0 Å². The quantitative estimate of drug-likeness (QED) is 0.891. The summed E-state index contributed by atoms with van der Waals surface area (Å²) in [5, 5.41) is 11.1. The van der Waals surface area contributed by atoms with E-state index >= 15 is 0 Å². The molecule has 1 aromatic rings. The van der Waals surface area contributed by atoms with Crippen LogP contribution in [0.3, 0.4) is 0 Å². The highest BCUT2D eigenvalue weighted by atomic mass is 79.9. The number of rotatable bonds is 3. The number of carboxylic acids is 1. The van der Waals surface area contributed by atoms with Gasteiger partial charge < -0.3 is 10.4 Å². The molecule has 1 aromatic carbocycles. The Hall–Kier alpha value is -1.34. The Balaban J connectivity index is 2.09. The highest BCUT2D eigenvalue weighted by Crippen LogP contribution is 2.25. The number of hydrogen-bond acceptors (Lipinski definition) is 4. The maximum absolute atomic E-state index is 11.5. The molecule has 0 bridgehead atoms. The molecule has 18 heavy (non-hydrogen) atoms. The monoisotopic (exact) mass is 328 g/mol. The Morgan fingerprint density at radius 1 is 1.44 bits per heavy atom. The zero-order valence-electron chi connectivity index (χ0n) is 9.09. The normalized spacial score (nSPS) is 21.1. The topological polar surface area (TPSA) is 78.8 Å². The minimum absolute atomic E-state index is 0.199. The van der Waals surface area contributed by atoms with E-state index in [-0.39, 0.29) is 12.3 Å². The molecular weight excluding hydrogens is 320 g/mol. The maximum Gasteiger partial charge on any atom is 0.305 e. The lowest BCUT2D eigenvalue weighted by Gasteiger charge is -1.98. The van der Waals surface area contributed by atoms with Crippen molar-refractivity contribution in [3.8, 4) is 0 Å². The smallest absolute Gasteiger partial charge is 0.305 e. The number of aliphatic imine (C=N–C) groups is 1. The first-order valence-corrected chi connectivity index (χ1v) is 6.75.